The molecule has 2 aliphatic rings. The minimum atomic E-state index is -1.76. The summed E-state index contributed by atoms with van der Waals surface area (Å²) >= 11 is 0. The summed E-state index contributed by atoms with van der Waals surface area (Å²) in [7, 11) is 1.48. The molecule has 3 aromatic rings. The Morgan fingerprint density at radius 2 is 1.60 bits per heavy atom. The van der Waals surface area contributed by atoms with E-state index in [0.717, 1.165) is 11.6 Å². The van der Waals surface area contributed by atoms with Crippen LogP contribution in [0.15, 0.2) is 51.2 Å². The van der Waals surface area contributed by atoms with Crippen LogP contribution in [0.1, 0.15) is 32.8 Å². The van der Waals surface area contributed by atoms with Crippen LogP contribution in [0.3, 0.4) is 0 Å². The zero-order valence-corrected chi connectivity index (χ0v) is 26.9. The first-order chi connectivity index (χ1) is 22.8. The molecule has 262 valence electrons. The van der Waals surface area contributed by atoms with Crippen molar-refractivity contribution in [2.75, 3.05) is 13.7 Å². The van der Waals surface area contributed by atoms with Gasteiger partial charge < -0.3 is 64.2 Å². The number of ether oxygens (including phenoxy) is 4. The number of fused-ring (bicyclic) bond motifs is 1. The molecule has 2 aromatic carbocycles. The van der Waals surface area contributed by atoms with E-state index in [4.69, 9.17) is 23.4 Å². The number of hydrogen-bond donors (Lipinski definition) is 8. The predicted octanol–water partition coefficient (Wildman–Crippen LogP) is 0.731. The number of aromatic hydroxyl groups is 1. The van der Waals surface area contributed by atoms with Crippen LogP contribution in [0.5, 0.6) is 23.0 Å². The van der Waals surface area contributed by atoms with Gasteiger partial charge in [0.25, 0.3) is 0 Å². The lowest BCUT2D eigenvalue weighted by Gasteiger charge is -2.40. The van der Waals surface area contributed by atoms with Crippen molar-refractivity contribution in [2.45, 2.75) is 88.7 Å². The van der Waals surface area contributed by atoms with Crippen LogP contribution >= 0.6 is 0 Å². The topological polar surface area (TPSA) is 229 Å². The van der Waals surface area contributed by atoms with Crippen molar-refractivity contribution in [1.82, 2.24) is 0 Å². The van der Waals surface area contributed by atoms with Gasteiger partial charge in [-0.05, 0) is 57.9 Å². The summed E-state index contributed by atoms with van der Waals surface area (Å²) in [5.74, 6) is -1.47. The molecule has 14 nitrogen and oxygen atoms in total. The lowest BCUT2D eigenvalue weighted by atomic mass is 9.81. The van der Waals surface area contributed by atoms with Crippen molar-refractivity contribution in [3.05, 3.63) is 57.8 Å². The van der Waals surface area contributed by atoms with Crippen LogP contribution in [-0.4, -0.2) is 110 Å². The Morgan fingerprint density at radius 1 is 0.938 bits per heavy atom. The Hall–Kier alpha value is -3.73. The first-order valence-electron chi connectivity index (χ1n) is 15.6. The summed E-state index contributed by atoms with van der Waals surface area (Å²) in [5, 5.41) is 83.5. The maximum absolute atomic E-state index is 14.3. The molecule has 1 saturated carbocycles. The number of aliphatic hydroxyl groups is 7. The first kappa shape index (κ1) is 35.6. The van der Waals surface area contributed by atoms with E-state index in [9.17, 15) is 45.6 Å². The molecule has 1 aliphatic carbocycles. The van der Waals surface area contributed by atoms with E-state index < -0.39 is 84.6 Å². The Kier molecular flexibility index (Phi) is 10.7. The maximum atomic E-state index is 14.3. The molecule has 8 N–H and O–H groups in total. The van der Waals surface area contributed by atoms with Gasteiger partial charge in [0.1, 0.15) is 64.8 Å². The number of rotatable bonds is 9. The lowest BCUT2D eigenvalue weighted by molar-refractivity contribution is -0.268. The molecule has 0 bridgehead atoms. The number of phenols is 1. The average Bonchev–Trinajstić information content (AvgIpc) is 3.06. The molecule has 1 saturated heterocycles. The van der Waals surface area contributed by atoms with Crippen LogP contribution in [0.4, 0.5) is 0 Å². The minimum absolute atomic E-state index is 0.0105. The highest BCUT2D eigenvalue weighted by molar-refractivity contribution is 5.91. The van der Waals surface area contributed by atoms with E-state index in [1.165, 1.54) is 14.0 Å². The second-order valence-electron chi connectivity index (χ2n) is 12.5. The quantitative estimate of drug-likeness (QED) is 0.146. The largest absolute Gasteiger partial charge is 0.507 e. The van der Waals surface area contributed by atoms with E-state index in [1.54, 1.807) is 24.3 Å². The van der Waals surface area contributed by atoms with Crippen molar-refractivity contribution < 1.29 is 64.2 Å². The number of hydrogen-bond acceptors (Lipinski definition) is 14. The molecule has 2 fully saturated rings. The maximum Gasteiger partial charge on any atom is 0.239 e. The molecule has 0 radical (unpaired) electrons. The smallest absolute Gasteiger partial charge is 0.239 e. The van der Waals surface area contributed by atoms with Crippen LogP contribution in [0.2, 0.25) is 0 Å². The summed E-state index contributed by atoms with van der Waals surface area (Å²) in [6, 6.07) is 7.56. The van der Waals surface area contributed by atoms with Crippen molar-refractivity contribution in [2.24, 2.45) is 5.92 Å². The highest BCUT2D eigenvalue weighted by atomic mass is 16.7. The fourth-order valence-corrected chi connectivity index (χ4v) is 5.97. The molecule has 0 spiro atoms. The SMILES string of the molecule is COc1ccc(-c2oc3c(CC=C(C)C)c(O[C@@H]4C[C@H](CO)[C@@H](O)[C@H](O)[C@H]4O)cc(O)c3c(=O)c2O[C@@H]2O[C@@H](C)[C@H](O)[C@@H](O)[C@H]2O)cc1. The van der Waals surface area contributed by atoms with Gasteiger partial charge in [-0.25, -0.2) is 0 Å². The number of phenolic OH excluding ortho intramolecular Hbond substituents is 1. The zero-order chi connectivity index (χ0) is 35.0. The van der Waals surface area contributed by atoms with E-state index >= 15 is 0 Å². The average molecular weight is 675 g/mol. The van der Waals surface area contributed by atoms with Gasteiger partial charge in [0.15, 0.2) is 5.76 Å². The normalized spacial score (nSPS) is 30.6. The Labute approximate surface area is 275 Å². The monoisotopic (exact) mass is 674 g/mol. The summed E-state index contributed by atoms with van der Waals surface area (Å²) in [5.41, 5.74) is 0.564. The van der Waals surface area contributed by atoms with Gasteiger partial charge in [0.05, 0.1) is 19.3 Å². The van der Waals surface area contributed by atoms with Crippen LogP contribution < -0.4 is 19.6 Å². The van der Waals surface area contributed by atoms with Gasteiger partial charge in [-0.2, -0.15) is 0 Å². The van der Waals surface area contributed by atoms with Crippen LogP contribution in [0, 0.1) is 5.92 Å². The van der Waals surface area contributed by atoms with Crippen molar-refractivity contribution >= 4 is 11.0 Å². The standard InChI is InChI=1S/C34H42O14/c1-14(2)5-10-19-21(46-22-11-17(13-35)25(38)29(42)26(22)39)12-20(36)23-27(40)33(48-34-30(43)28(41)24(37)15(3)45-34)31(47-32(19)23)16-6-8-18(44-4)9-7-16/h5-9,12,15,17,22,24-26,28-30,34-39,41-43H,10-11,13H2,1-4H3/t15-,17+,22+,24-,25+,26-,28+,29-,30+,34-/m0/s1. The zero-order valence-electron chi connectivity index (χ0n) is 26.9. The van der Waals surface area contributed by atoms with Crippen LogP contribution in [-0.2, 0) is 11.2 Å². The van der Waals surface area contributed by atoms with E-state index in [2.05, 4.69) is 0 Å². The summed E-state index contributed by atoms with van der Waals surface area (Å²) < 4.78 is 29.3. The number of methoxy groups -OCH3 is 1. The molecule has 0 unspecified atom stereocenters. The van der Waals surface area contributed by atoms with Gasteiger partial charge in [0.2, 0.25) is 17.5 Å². The Balaban J connectivity index is 1.71. The molecule has 2 heterocycles. The molecular weight excluding hydrogens is 632 g/mol. The summed E-state index contributed by atoms with van der Waals surface area (Å²) in [6.07, 6.45) is -11.2. The highest BCUT2D eigenvalue weighted by Crippen LogP contribution is 2.42. The van der Waals surface area contributed by atoms with Gasteiger partial charge >= 0.3 is 0 Å². The molecule has 5 rings (SSSR count). The molecule has 0 amide bonds. The molecule has 14 heteroatoms. The second kappa shape index (κ2) is 14.4. The first-order valence-corrected chi connectivity index (χ1v) is 15.6. The Morgan fingerprint density at radius 3 is 2.23 bits per heavy atom. The summed E-state index contributed by atoms with van der Waals surface area (Å²) in [4.78, 5) is 14.3. The number of allylic oxidation sites excluding steroid dienone is 2. The molecule has 1 aromatic heterocycles. The van der Waals surface area contributed by atoms with Gasteiger partial charge in [-0.15, -0.1) is 0 Å². The van der Waals surface area contributed by atoms with Crippen LogP contribution in [0.25, 0.3) is 22.3 Å². The van der Waals surface area contributed by atoms with E-state index in [1.807, 2.05) is 19.9 Å². The Bertz CT molecular complexity index is 1680. The highest BCUT2D eigenvalue weighted by Gasteiger charge is 2.45. The summed E-state index contributed by atoms with van der Waals surface area (Å²) in [6.45, 7) is 4.68. The third-order valence-electron chi connectivity index (χ3n) is 8.89. The van der Waals surface area contributed by atoms with Gasteiger partial charge in [-0.1, -0.05) is 11.6 Å². The van der Waals surface area contributed by atoms with Crippen molar-refractivity contribution in [3.8, 4) is 34.3 Å². The molecule has 48 heavy (non-hydrogen) atoms. The van der Waals surface area contributed by atoms with Crippen molar-refractivity contribution in [3.63, 3.8) is 0 Å². The van der Waals surface area contributed by atoms with Crippen molar-refractivity contribution in [1.29, 1.82) is 0 Å². The minimum Gasteiger partial charge on any atom is -0.507 e. The molecule has 1 aliphatic heterocycles. The van der Waals surface area contributed by atoms with E-state index in [-0.39, 0.29) is 40.9 Å². The molecular formula is C34H42O14. The fraction of sp³-hybridized carbons (Fsp3) is 0.500. The molecule has 10 atom stereocenters. The number of aliphatic hydroxyl groups excluding tert-OH is 7. The third-order valence-corrected chi connectivity index (χ3v) is 8.89. The fourth-order valence-electron chi connectivity index (χ4n) is 5.97. The third kappa shape index (κ3) is 6.75. The lowest BCUT2D eigenvalue weighted by Crippen LogP contribution is -2.58. The predicted molar refractivity (Wildman–Crippen MR) is 170 cm³/mol. The number of benzene rings is 2. The van der Waals surface area contributed by atoms with Gasteiger partial charge in [0, 0.05) is 29.7 Å². The van der Waals surface area contributed by atoms with Gasteiger partial charge in [-0.3, -0.25) is 4.79 Å². The van der Waals surface area contributed by atoms with E-state index in [0.29, 0.717) is 11.3 Å². The second-order valence-corrected chi connectivity index (χ2v) is 12.5.